The van der Waals surface area contributed by atoms with Crippen molar-refractivity contribution in [1.29, 1.82) is 0 Å². The van der Waals surface area contributed by atoms with Crippen molar-refractivity contribution in [3.8, 4) is 0 Å². The number of hydrogen-bond donors (Lipinski definition) is 1. The first-order chi connectivity index (χ1) is 7.42. The van der Waals surface area contributed by atoms with Crippen LogP contribution in [0.25, 0.3) is 0 Å². The first-order valence-electron chi connectivity index (χ1n) is 4.85. The number of aryl methyl sites for hydroxylation is 2. The molecule has 0 aliphatic rings. The van der Waals surface area contributed by atoms with E-state index in [4.69, 9.17) is 28.3 Å². The summed E-state index contributed by atoms with van der Waals surface area (Å²) in [4.78, 5) is 10.4. The van der Waals surface area contributed by atoms with E-state index in [1.807, 2.05) is 6.92 Å². The summed E-state index contributed by atoms with van der Waals surface area (Å²) in [7, 11) is 1.69. The second-order valence-corrected chi connectivity index (χ2v) is 4.19. The van der Waals surface area contributed by atoms with Gasteiger partial charge in [-0.05, 0) is 13.3 Å². The Morgan fingerprint density at radius 2 is 2.25 bits per heavy atom. The molecule has 1 unspecified atom stereocenters. The highest BCUT2D eigenvalue weighted by molar-refractivity contribution is 6.28. The number of aromatic carboxylic acids is 1. The van der Waals surface area contributed by atoms with Crippen molar-refractivity contribution in [2.24, 2.45) is 7.05 Å². The van der Waals surface area contributed by atoms with E-state index in [0.717, 1.165) is 6.42 Å². The molecule has 92 valence electrons. The Morgan fingerprint density at radius 1 is 1.69 bits per heavy atom. The SMILES string of the molecule is CCC(Cl)CCl.Cc1nn(C)cc1C(=O)O. The third kappa shape index (κ3) is 5.37. The van der Waals surface area contributed by atoms with Gasteiger partial charge in [0.05, 0.1) is 5.69 Å². The minimum atomic E-state index is -0.925. The maximum Gasteiger partial charge on any atom is 0.339 e. The van der Waals surface area contributed by atoms with Crippen molar-refractivity contribution in [2.45, 2.75) is 25.6 Å². The lowest BCUT2D eigenvalue weighted by Crippen LogP contribution is -1.95. The predicted octanol–water partition coefficient (Wildman–Crippen LogP) is 2.67. The highest BCUT2D eigenvalue weighted by Gasteiger charge is 2.09. The lowest BCUT2D eigenvalue weighted by molar-refractivity contribution is 0.0696. The molecule has 0 saturated heterocycles. The molecule has 0 saturated carbocycles. The number of nitrogens with zero attached hydrogens (tertiary/aromatic N) is 2. The van der Waals surface area contributed by atoms with E-state index in [1.165, 1.54) is 10.9 Å². The number of carboxylic acid groups (broad SMARTS) is 1. The van der Waals surface area contributed by atoms with Crippen LogP contribution in [0.2, 0.25) is 0 Å². The second kappa shape index (κ2) is 7.52. The zero-order valence-electron chi connectivity index (χ0n) is 9.57. The third-order valence-electron chi connectivity index (χ3n) is 1.85. The van der Waals surface area contributed by atoms with Crippen LogP contribution in [0.3, 0.4) is 0 Å². The van der Waals surface area contributed by atoms with Gasteiger partial charge in [0, 0.05) is 24.5 Å². The first kappa shape index (κ1) is 15.3. The third-order valence-corrected chi connectivity index (χ3v) is 2.85. The van der Waals surface area contributed by atoms with Crippen molar-refractivity contribution in [1.82, 2.24) is 9.78 Å². The number of alkyl halides is 2. The van der Waals surface area contributed by atoms with Crippen LogP contribution in [0.4, 0.5) is 0 Å². The van der Waals surface area contributed by atoms with Gasteiger partial charge in [0.15, 0.2) is 0 Å². The molecule has 6 heteroatoms. The van der Waals surface area contributed by atoms with Gasteiger partial charge in [-0.15, -0.1) is 23.2 Å². The fraction of sp³-hybridized carbons (Fsp3) is 0.600. The van der Waals surface area contributed by atoms with Gasteiger partial charge in [-0.25, -0.2) is 4.79 Å². The lowest BCUT2D eigenvalue weighted by atomic mass is 10.3. The Kier molecular flexibility index (Phi) is 7.17. The molecule has 0 aromatic carbocycles. The molecule has 4 nitrogen and oxygen atoms in total. The molecular weight excluding hydrogens is 251 g/mol. The summed E-state index contributed by atoms with van der Waals surface area (Å²) in [6, 6.07) is 0. The van der Waals surface area contributed by atoms with Gasteiger partial charge >= 0.3 is 5.97 Å². The zero-order valence-corrected chi connectivity index (χ0v) is 11.1. The molecule has 16 heavy (non-hydrogen) atoms. The van der Waals surface area contributed by atoms with E-state index < -0.39 is 5.97 Å². The molecule has 1 aromatic rings. The van der Waals surface area contributed by atoms with E-state index in [-0.39, 0.29) is 10.9 Å². The van der Waals surface area contributed by atoms with Crippen LogP contribution >= 0.6 is 23.2 Å². The van der Waals surface area contributed by atoms with Crippen molar-refractivity contribution in [2.75, 3.05) is 5.88 Å². The Morgan fingerprint density at radius 3 is 2.38 bits per heavy atom. The van der Waals surface area contributed by atoms with Crippen LogP contribution in [0.5, 0.6) is 0 Å². The normalized spacial score (nSPS) is 11.6. The Bertz CT molecular complexity index is 336. The lowest BCUT2D eigenvalue weighted by Gasteiger charge is -1.94. The molecule has 0 spiro atoms. The maximum atomic E-state index is 10.4. The molecule has 1 aromatic heterocycles. The van der Waals surface area contributed by atoms with Crippen LogP contribution in [0.15, 0.2) is 6.20 Å². The number of rotatable bonds is 3. The molecule has 0 fully saturated rings. The predicted molar refractivity (Wildman–Crippen MR) is 65.6 cm³/mol. The number of carbonyl (C=O) groups is 1. The summed E-state index contributed by atoms with van der Waals surface area (Å²) in [6.07, 6.45) is 2.45. The average molecular weight is 267 g/mol. The Hall–Kier alpha value is -0.740. The van der Waals surface area contributed by atoms with E-state index in [1.54, 1.807) is 14.0 Å². The number of halogens is 2. The minimum Gasteiger partial charge on any atom is -0.478 e. The van der Waals surface area contributed by atoms with Gasteiger partial charge in [0.25, 0.3) is 0 Å². The highest BCUT2D eigenvalue weighted by Crippen LogP contribution is 2.03. The number of carboxylic acids is 1. The van der Waals surface area contributed by atoms with Crippen LogP contribution < -0.4 is 0 Å². The summed E-state index contributed by atoms with van der Waals surface area (Å²) >= 11 is 10.8. The Labute approximate surface area is 105 Å². The van der Waals surface area contributed by atoms with Gasteiger partial charge in [0.1, 0.15) is 5.56 Å². The minimum absolute atomic E-state index is 0.173. The fourth-order valence-electron chi connectivity index (χ4n) is 0.919. The molecule has 0 radical (unpaired) electrons. The van der Waals surface area contributed by atoms with Gasteiger partial charge in [-0.2, -0.15) is 5.10 Å². The maximum absolute atomic E-state index is 10.4. The quantitative estimate of drug-likeness (QED) is 0.856. The molecule has 0 aliphatic carbocycles. The second-order valence-electron chi connectivity index (χ2n) is 3.27. The van der Waals surface area contributed by atoms with E-state index in [9.17, 15) is 4.79 Å². The monoisotopic (exact) mass is 266 g/mol. The molecular formula is C10H16Cl2N2O2. The highest BCUT2D eigenvalue weighted by atomic mass is 35.5. The van der Waals surface area contributed by atoms with Crippen LogP contribution in [0, 0.1) is 6.92 Å². The summed E-state index contributed by atoms with van der Waals surface area (Å²) in [5.74, 6) is -0.358. The van der Waals surface area contributed by atoms with Crippen molar-refractivity contribution in [3.05, 3.63) is 17.5 Å². The summed E-state index contributed by atoms with van der Waals surface area (Å²) in [5.41, 5.74) is 0.817. The van der Waals surface area contributed by atoms with Crippen molar-refractivity contribution >= 4 is 29.2 Å². The molecule has 0 bridgehead atoms. The molecule has 1 atom stereocenters. The van der Waals surface area contributed by atoms with E-state index in [2.05, 4.69) is 5.10 Å². The van der Waals surface area contributed by atoms with Crippen molar-refractivity contribution in [3.63, 3.8) is 0 Å². The zero-order chi connectivity index (χ0) is 12.7. The van der Waals surface area contributed by atoms with Gasteiger partial charge < -0.3 is 5.11 Å². The molecule has 1 rings (SSSR count). The van der Waals surface area contributed by atoms with Crippen LogP contribution in [-0.4, -0.2) is 32.1 Å². The first-order valence-corrected chi connectivity index (χ1v) is 5.83. The standard InChI is InChI=1S/C6H8N2O2.C4H8Cl2/c1-4-5(6(9)10)3-8(2)7-4;1-2-4(6)3-5/h3H,1-2H3,(H,9,10);4H,2-3H2,1H3. The van der Waals surface area contributed by atoms with Gasteiger partial charge in [0.2, 0.25) is 0 Å². The molecule has 0 aliphatic heterocycles. The van der Waals surface area contributed by atoms with Crippen LogP contribution in [0.1, 0.15) is 29.4 Å². The van der Waals surface area contributed by atoms with Gasteiger partial charge in [-0.1, -0.05) is 6.92 Å². The van der Waals surface area contributed by atoms with E-state index in [0.29, 0.717) is 11.6 Å². The molecule has 0 amide bonds. The summed E-state index contributed by atoms with van der Waals surface area (Å²) in [6.45, 7) is 3.68. The average Bonchev–Trinajstić information content (AvgIpc) is 2.57. The fourth-order valence-corrected chi connectivity index (χ4v) is 1.14. The molecule has 1 N–H and O–H groups in total. The summed E-state index contributed by atoms with van der Waals surface area (Å²) < 4.78 is 1.48. The van der Waals surface area contributed by atoms with Gasteiger partial charge in [-0.3, -0.25) is 4.68 Å². The topological polar surface area (TPSA) is 55.1 Å². The molecule has 1 heterocycles. The Balaban J connectivity index is 0.000000325. The summed E-state index contributed by atoms with van der Waals surface area (Å²) in [5, 5.41) is 12.6. The van der Waals surface area contributed by atoms with Crippen LogP contribution in [-0.2, 0) is 7.05 Å². The number of hydrogen-bond acceptors (Lipinski definition) is 2. The van der Waals surface area contributed by atoms with Crippen molar-refractivity contribution < 1.29 is 9.90 Å². The largest absolute Gasteiger partial charge is 0.478 e. The van der Waals surface area contributed by atoms with E-state index >= 15 is 0 Å². The number of aromatic nitrogens is 2. The smallest absolute Gasteiger partial charge is 0.339 e.